The lowest BCUT2D eigenvalue weighted by Gasteiger charge is -2.16. The van der Waals surface area contributed by atoms with Crippen molar-refractivity contribution in [1.29, 1.82) is 0 Å². The monoisotopic (exact) mass is 429 g/mol. The van der Waals surface area contributed by atoms with Crippen molar-refractivity contribution in [2.24, 2.45) is 5.73 Å². The Kier molecular flexibility index (Phi) is 6.23. The number of hydrogen-bond acceptors (Lipinski definition) is 6. The highest BCUT2D eigenvalue weighted by molar-refractivity contribution is 7.18. The first-order valence-electron chi connectivity index (χ1n) is 8.09. The van der Waals surface area contributed by atoms with Gasteiger partial charge in [0.15, 0.2) is 0 Å². The van der Waals surface area contributed by atoms with Crippen LogP contribution in [0.2, 0.25) is 4.34 Å². The molecule has 2 heterocycles. The number of amides is 1. The Bertz CT molecular complexity index is 888. The number of thiophene rings is 1. The molecule has 1 aromatic heterocycles. The topological polar surface area (TPSA) is 82.4 Å². The lowest BCUT2D eigenvalue weighted by Crippen LogP contribution is -2.41. The first-order chi connectivity index (χ1) is 12.9. The number of hydrogen-bond donors (Lipinski definition) is 4. The summed E-state index contributed by atoms with van der Waals surface area (Å²) < 4.78 is 13.8. The third kappa shape index (κ3) is 4.53. The lowest BCUT2D eigenvalue weighted by atomic mass is 10.1. The van der Waals surface area contributed by atoms with Gasteiger partial charge < -0.3 is 11.1 Å². The van der Waals surface area contributed by atoms with E-state index in [2.05, 4.69) is 16.3 Å². The van der Waals surface area contributed by atoms with E-state index in [1.165, 1.54) is 12.1 Å². The van der Waals surface area contributed by atoms with E-state index in [1.807, 2.05) is 0 Å². The summed E-state index contributed by atoms with van der Waals surface area (Å²) in [5.74, 6) is -0.615. The van der Waals surface area contributed by atoms with Crippen LogP contribution in [0.15, 0.2) is 35.5 Å². The molecule has 1 amide bonds. The van der Waals surface area contributed by atoms with Crippen LogP contribution in [0.25, 0.3) is 5.70 Å². The minimum Gasteiger partial charge on any atom is -0.347 e. The van der Waals surface area contributed by atoms with Gasteiger partial charge >= 0.3 is 0 Å². The van der Waals surface area contributed by atoms with Crippen LogP contribution in [0.5, 0.6) is 0 Å². The Labute approximate surface area is 170 Å². The largest absolute Gasteiger partial charge is 0.347 e. The quantitative estimate of drug-likeness (QED) is 0.530. The fraction of sp³-hybridized carbons (Fsp3) is 0.235. The van der Waals surface area contributed by atoms with Crippen LogP contribution in [-0.4, -0.2) is 30.6 Å². The molecule has 0 saturated carbocycles. The van der Waals surface area contributed by atoms with Gasteiger partial charge in [0.05, 0.1) is 10.6 Å². The Morgan fingerprint density at radius 1 is 1.41 bits per heavy atom. The van der Waals surface area contributed by atoms with Crippen LogP contribution >= 0.6 is 34.5 Å². The number of nitrogens with two attached hydrogens (primary N) is 1. The van der Waals surface area contributed by atoms with E-state index in [0.717, 1.165) is 16.9 Å². The van der Waals surface area contributed by atoms with Gasteiger partial charge in [-0.25, -0.2) is 4.39 Å². The van der Waals surface area contributed by atoms with Crippen molar-refractivity contribution in [2.75, 3.05) is 13.6 Å². The second-order valence-electron chi connectivity index (χ2n) is 6.00. The molecule has 3 rings (SSSR count). The summed E-state index contributed by atoms with van der Waals surface area (Å²) in [6, 6.07) is 7.58. The Morgan fingerprint density at radius 3 is 2.81 bits per heavy atom. The van der Waals surface area contributed by atoms with Gasteiger partial charge in [0, 0.05) is 25.2 Å². The molecule has 0 radical (unpaired) electrons. The number of carbonyl (C=O) groups excluding carboxylic acids is 1. The lowest BCUT2D eigenvalue weighted by molar-refractivity contribution is 0.0942. The first-order valence-corrected chi connectivity index (χ1v) is 9.66. The number of rotatable bonds is 6. The molecule has 1 atom stereocenters. The standard InChI is InChI=1S/C17H18Cl2FN5OS/c1-25-14(15(18)23-24-25)12-7-13(27-16(12)19)17(26)22-11(8-21)6-9-3-2-4-10(20)5-9/h2-5,7,11,23-24H,6,8,21H2,1H3,(H,22,26)/t11-/m0/s1. The van der Waals surface area contributed by atoms with Gasteiger partial charge in [0.1, 0.15) is 15.3 Å². The van der Waals surface area contributed by atoms with Crippen molar-refractivity contribution in [3.63, 3.8) is 0 Å². The first kappa shape index (κ1) is 19.9. The zero-order chi connectivity index (χ0) is 19.6. The molecule has 0 fully saturated rings. The summed E-state index contributed by atoms with van der Waals surface area (Å²) in [5, 5.41) is 4.93. The van der Waals surface area contributed by atoms with Gasteiger partial charge in [0.2, 0.25) is 0 Å². The third-order valence-electron chi connectivity index (χ3n) is 4.03. The van der Waals surface area contributed by atoms with Crippen LogP contribution < -0.4 is 22.0 Å². The second-order valence-corrected chi connectivity index (χ2v) is 8.03. The van der Waals surface area contributed by atoms with Crippen LogP contribution in [-0.2, 0) is 6.42 Å². The molecule has 0 aliphatic carbocycles. The highest BCUT2D eigenvalue weighted by Gasteiger charge is 2.25. The molecule has 0 bridgehead atoms. The van der Waals surface area contributed by atoms with E-state index < -0.39 is 0 Å². The van der Waals surface area contributed by atoms with E-state index in [4.69, 9.17) is 28.9 Å². The SMILES string of the molecule is CN1NNC(Cl)=C1c1cc(C(=O)N[C@H](CN)Cc2cccc(F)c2)sc1Cl. The molecule has 10 heteroatoms. The molecule has 1 aliphatic rings. The number of nitrogens with zero attached hydrogens (tertiary/aromatic N) is 1. The molecule has 6 nitrogen and oxygen atoms in total. The molecule has 5 N–H and O–H groups in total. The summed E-state index contributed by atoms with van der Waals surface area (Å²) in [7, 11) is 1.77. The van der Waals surface area contributed by atoms with Crippen molar-refractivity contribution in [2.45, 2.75) is 12.5 Å². The second kappa shape index (κ2) is 8.45. The van der Waals surface area contributed by atoms with Crippen molar-refractivity contribution in [3.8, 4) is 0 Å². The number of halogens is 3. The van der Waals surface area contributed by atoms with E-state index in [9.17, 15) is 9.18 Å². The maximum atomic E-state index is 13.3. The smallest absolute Gasteiger partial charge is 0.261 e. The fourth-order valence-corrected chi connectivity index (χ4v) is 4.19. The van der Waals surface area contributed by atoms with Gasteiger partial charge in [-0.3, -0.25) is 15.2 Å². The number of hydrazine groups is 2. The van der Waals surface area contributed by atoms with E-state index in [0.29, 0.717) is 32.1 Å². The minimum absolute atomic E-state index is 0.224. The van der Waals surface area contributed by atoms with Gasteiger partial charge in [-0.05, 0) is 30.2 Å². The number of carbonyl (C=O) groups is 1. The summed E-state index contributed by atoms with van der Waals surface area (Å²) in [5.41, 5.74) is 13.4. The average molecular weight is 430 g/mol. The van der Waals surface area contributed by atoms with Gasteiger partial charge in [0.25, 0.3) is 5.91 Å². The van der Waals surface area contributed by atoms with Crippen LogP contribution in [0.3, 0.4) is 0 Å². The summed E-state index contributed by atoms with van der Waals surface area (Å²) in [4.78, 5) is 13.1. The van der Waals surface area contributed by atoms with Crippen LogP contribution in [0.4, 0.5) is 4.39 Å². The Balaban J connectivity index is 1.74. The maximum Gasteiger partial charge on any atom is 0.261 e. The number of benzene rings is 1. The normalized spacial score (nSPS) is 15.1. The molecule has 27 heavy (non-hydrogen) atoms. The Morgan fingerprint density at radius 2 is 2.19 bits per heavy atom. The van der Waals surface area contributed by atoms with Gasteiger partial charge in [-0.15, -0.1) is 16.9 Å². The van der Waals surface area contributed by atoms with E-state index in [1.54, 1.807) is 30.3 Å². The van der Waals surface area contributed by atoms with E-state index in [-0.39, 0.29) is 24.3 Å². The summed E-state index contributed by atoms with van der Waals surface area (Å²) >= 11 is 13.6. The average Bonchev–Trinajstić information content (AvgIpc) is 3.16. The van der Waals surface area contributed by atoms with Crippen molar-refractivity contribution in [1.82, 2.24) is 21.3 Å². The van der Waals surface area contributed by atoms with Crippen molar-refractivity contribution < 1.29 is 9.18 Å². The molecule has 0 saturated heterocycles. The molecule has 0 spiro atoms. The van der Waals surface area contributed by atoms with Crippen LogP contribution in [0, 0.1) is 5.82 Å². The molecule has 1 aromatic carbocycles. The summed E-state index contributed by atoms with van der Waals surface area (Å²) in [6.45, 7) is 0.224. The molecule has 1 aliphatic heterocycles. The molecular weight excluding hydrogens is 412 g/mol. The Hall–Kier alpha value is -1.84. The maximum absolute atomic E-state index is 13.3. The molecule has 144 valence electrons. The van der Waals surface area contributed by atoms with Crippen LogP contribution in [0.1, 0.15) is 20.8 Å². The fourth-order valence-electron chi connectivity index (χ4n) is 2.73. The third-order valence-corrected chi connectivity index (χ3v) is 5.66. The van der Waals surface area contributed by atoms with Crippen molar-refractivity contribution >= 4 is 46.1 Å². The molecular formula is C17H18Cl2FN5OS. The van der Waals surface area contributed by atoms with E-state index >= 15 is 0 Å². The zero-order valence-electron chi connectivity index (χ0n) is 14.4. The zero-order valence-corrected chi connectivity index (χ0v) is 16.7. The van der Waals surface area contributed by atoms with Gasteiger partial charge in [-0.2, -0.15) is 0 Å². The molecule has 0 unspecified atom stereocenters. The predicted octanol–water partition coefficient (Wildman–Crippen LogP) is 2.66. The van der Waals surface area contributed by atoms with Gasteiger partial charge in [-0.1, -0.05) is 35.3 Å². The summed E-state index contributed by atoms with van der Waals surface area (Å²) in [6.07, 6.45) is 0.430. The molecule has 2 aromatic rings. The highest BCUT2D eigenvalue weighted by Crippen LogP contribution is 2.36. The highest BCUT2D eigenvalue weighted by atomic mass is 35.5. The van der Waals surface area contributed by atoms with Crippen molar-refractivity contribution in [3.05, 3.63) is 61.6 Å². The number of nitrogens with one attached hydrogen (secondary N) is 3. The minimum atomic E-state index is -0.330. The predicted molar refractivity (Wildman–Crippen MR) is 107 cm³/mol.